The van der Waals surface area contributed by atoms with Crippen molar-refractivity contribution in [1.29, 1.82) is 0 Å². The van der Waals surface area contributed by atoms with Crippen LogP contribution < -0.4 is 0 Å². The van der Waals surface area contributed by atoms with Crippen LogP contribution in [-0.4, -0.2) is 18.8 Å². The molecular weight excluding hydrogens is 342 g/mol. The van der Waals surface area contributed by atoms with E-state index in [1.54, 1.807) is 13.1 Å². The molecule has 0 heterocycles. The Hall–Kier alpha value is -1.94. The third-order valence-corrected chi connectivity index (χ3v) is 3.65. The Balaban J connectivity index is 2.19. The SMILES string of the molecule is CCOC(=O)CC(N=Cc1ccccc1)c1ccc(Br)cc1. The highest BCUT2D eigenvalue weighted by atomic mass is 79.9. The molecule has 22 heavy (non-hydrogen) atoms. The van der Waals surface area contributed by atoms with Crippen molar-refractivity contribution in [2.75, 3.05) is 6.61 Å². The topological polar surface area (TPSA) is 38.7 Å². The molecule has 0 saturated heterocycles. The molecule has 0 fully saturated rings. The zero-order valence-corrected chi connectivity index (χ0v) is 14.0. The van der Waals surface area contributed by atoms with Gasteiger partial charge in [0.2, 0.25) is 0 Å². The van der Waals surface area contributed by atoms with Gasteiger partial charge in [-0.05, 0) is 30.2 Å². The number of benzene rings is 2. The minimum Gasteiger partial charge on any atom is -0.466 e. The van der Waals surface area contributed by atoms with E-state index >= 15 is 0 Å². The summed E-state index contributed by atoms with van der Waals surface area (Å²) in [4.78, 5) is 16.4. The van der Waals surface area contributed by atoms with Crippen LogP contribution in [0.4, 0.5) is 0 Å². The molecule has 2 aromatic rings. The molecule has 1 atom stereocenters. The maximum Gasteiger partial charge on any atom is 0.308 e. The largest absolute Gasteiger partial charge is 0.466 e. The Kier molecular flexibility index (Phi) is 6.34. The average molecular weight is 360 g/mol. The molecule has 1 unspecified atom stereocenters. The van der Waals surface area contributed by atoms with Crippen LogP contribution in [0.1, 0.15) is 30.5 Å². The van der Waals surface area contributed by atoms with E-state index in [0.717, 1.165) is 15.6 Å². The summed E-state index contributed by atoms with van der Waals surface area (Å²) in [6, 6.07) is 17.4. The maximum absolute atomic E-state index is 11.8. The predicted octanol–water partition coefficient (Wildman–Crippen LogP) is 4.56. The van der Waals surface area contributed by atoms with E-state index < -0.39 is 0 Å². The van der Waals surface area contributed by atoms with Crippen molar-refractivity contribution in [3.8, 4) is 0 Å². The fourth-order valence-corrected chi connectivity index (χ4v) is 2.30. The van der Waals surface area contributed by atoms with Crippen molar-refractivity contribution < 1.29 is 9.53 Å². The van der Waals surface area contributed by atoms with E-state index in [9.17, 15) is 4.79 Å². The zero-order valence-electron chi connectivity index (χ0n) is 12.4. The number of aliphatic imine (C=N–C) groups is 1. The third-order valence-electron chi connectivity index (χ3n) is 3.12. The van der Waals surface area contributed by atoms with Gasteiger partial charge in [0, 0.05) is 10.7 Å². The van der Waals surface area contributed by atoms with Crippen LogP contribution in [0.5, 0.6) is 0 Å². The lowest BCUT2D eigenvalue weighted by Crippen LogP contribution is -2.09. The first-order chi connectivity index (χ1) is 10.7. The fraction of sp³-hybridized carbons (Fsp3) is 0.222. The second kappa shape index (κ2) is 8.49. The Morgan fingerprint density at radius 1 is 1.18 bits per heavy atom. The molecular formula is C18H18BrNO2. The number of rotatable bonds is 6. The van der Waals surface area contributed by atoms with Gasteiger partial charge in [-0.25, -0.2) is 0 Å². The first-order valence-corrected chi connectivity index (χ1v) is 7.97. The van der Waals surface area contributed by atoms with E-state index in [4.69, 9.17) is 4.74 Å². The van der Waals surface area contributed by atoms with Gasteiger partial charge in [-0.15, -0.1) is 0 Å². The lowest BCUT2D eigenvalue weighted by molar-refractivity contribution is -0.143. The molecule has 3 nitrogen and oxygen atoms in total. The minimum absolute atomic E-state index is 0.235. The number of carbonyl (C=O) groups excluding carboxylic acids is 1. The first kappa shape index (κ1) is 16.4. The van der Waals surface area contributed by atoms with Crippen LogP contribution in [0.2, 0.25) is 0 Å². The van der Waals surface area contributed by atoms with Gasteiger partial charge >= 0.3 is 5.97 Å². The summed E-state index contributed by atoms with van der Waals surface area (Å²) in [5.74, 6) is -0.236. The molecule has 0 bridgehead atoms. The highest BCUT2D eigenvalue weighted by molar-refractivity contribution is 9.10. The quantitative estimate of drug-likeness (QED) is 0.559. The van der Waals surface area contributed by atoms with Gasteiger partial charge in [0.15, 0.2) is 0 Å². The highest BCUT2D eigenvalue weighted by Gasteiger charge is 2.15. The van der Waals surface area contributed by atoms with Gasteiger partial charge in [0.1, 0.15) is 0 Å². The van der Waals surface area contributed by atoms with Crippen LogP contribution >= 0.6 is 15.9 Å². The Labute approximate surface area is 139 Å². The molecule has 0 aliphatic heterocycles. The minimum atomic E-state index is -0.243. The lowest BCUT2D eigenvalue weighted by Gasteiger charge is -2.12. The summed E-state index contributed by atoms with van der Waals surface area (Å²) < 4.78 is 6.05. The molecule has 0 aliphatic rings. The lowest BCUT2D eigenvalue weighted by atomic mass is 10.0. The number of halogens is 1. The molecule has 0 saturated carbocycles. The van der Waals surface area contributed by atoms with Gasteiger partial charge in [0.25, 0.3) is 0 Å². The van der Waals surface area contributed by atoms with E-state index in [0.29, 0.717) is 6.61 Å². The van der Waals surface area contributed by atoms with Gasteiger partial charge in [-0.3, -0.25) is 9.79 Å². The van der Waals surface area contributed by atoms with Crippen molar-refractivity contribution in [1.82, 2.24) is 0 Å². The molecule has 2 rings (SSSR count). The molecule has 0 radical (unpaired) electrons. The van der Waals surface area contributed by atoms with E-state index in [2.05, 4.69) is 20.9 Å². The maximum atomic E-state index is 11.8. The second-order valence-corrected chi connectivity index (χ2v) is 5.68. The number of esters is 1. The first-order valence-electron chi connectivity index (χ1n) is 7.18. The molecule has 2 aromatic carbocycles. The van der Waals surface area contributed by atoms with Gasteiger partial charge in [-0.1, -0.05) is 58.4 Å². The van der Waals surface area contributed by atoms with E-state index in [1.807, 2.05) is 54.6 Å². The molecule has 114 valence electrons. The molecule has 0 N–H and O–H groups in total. The number of nitrogens with zero attached hydrogens (tertiary/aromatic N) is 1. The van der Waals surface area contributed by atoms with Crippen molar-refractivity contribution in [3.63, 3.8) is 0 Å². The molecule has 0 amide bonds. The number of hydrogen-bond donors (Lipinski definition) is 0. The van der Waals surface area contributed by atoms with Crippen molar-refractivity contribution in [3.05, 3.63) is 70.2 Å². The van der Waals surface area contributed by atoms with E-state index in [1.165, 1.54) is 0 Å². The monoisotopic (exact) mass is 359 g/mol. The Morgan fingerprint density at radius 3 is 2.50 bits per heavy atom. The van der Waals surface area contributed by atoms with E-state index in [-0.39, 0.29) is 18.4 Å². The van der Waals surface area contributed by atoms with Crippen molar-refractivity contribution in [2.45, 2.75) is 19.4 Å². The predicted molar refractivity (Wildman–Crippen MR) is 92.2 cm³/mol. The van der Waals surface area contributed by atoms with Gasteiger partial charge < -0.3 is 4.74 Å². The molecule has 0 spiro atoms. The van der Waals surface area contributed by atoms with Gasteiger partial charge in [0.05, 0.1) is 19.1 Å². The van der Waals surface area contributed by atoms with Crippen LogP contribution in [0.3, 0.4) is 0 Å². The third kappa shape index (κ3) is 5.11. The number of ether oxygens (including phenoxy) is 1. The van der Waals surface area contributed by atoms with Crippen LogP contribution in [0.25, 0.3) is 0 Å². The smallest absolute Gasteiger partial charge is 0.308 e. The summed E-state index contributed by atoms with van der Waals surface area (Å²) in [7, 11) is 0. The number of carbonyl (C=O) groups is 1. The van der Waals surface area contributed by atoms with Crippen molar-refractivity contribution in [2.24, 2.45) is 4.99 Å². The standard InChI is InChI=1S/C18H18BrNO2/c1-2-22-18(21)12-17(15-8-10-16(19)11-9-15)20-13-14-6-4-3-5-7-14/h3-11,13,17H,2,12H2,1H3. The molecule has 4 heteroatoms. The molecule has 0 aliphatic carbocycles. The van der Waals surface area contributed by atoms with Gasteiger partial charge in [-0.2, -0.15) is 0 Å². The van der Waals surface area contributed by atoms with Crippen LogP contribution in [0, 0.1) is 0 Å². The summed E-state index contributed by atoms with van der Waals surface area (Å²) >= 11 is 3.42. The fourth-order valence-electron chi connectivity index (χ4n) is 2.03. The Bertz CT molecular complexity index is 623. The Morgan fingerprint density at radius 2 is 1.86 bits per heavy atom. The zero-order chi connectivity index (χ0) is 15.8. The number of hydrogen-bond acceptors (Lipinski definition) is 3. The molecule has 0 aromatic heterocycles. The van der Waals surface area contributed by atoms with Crippen LogP contribution in [-0.2, 0) is 9.53 Å². The highest BCUT2D eigenvalue weighted by Crippen LogP contribution is 2.23. The van der Waals surface area contributed by atoms with Crippen LogP contribution in [0.15, 0.2) is 64.1 Å². The van der Waals surface area contributed by atoms with Crippen molar-refractivity contribution >= 4 is 28.1 Å². The summed E-state index contributed by atoms with van der Waals surface area (Å²) in [6.45, 7) is 2.19. The normalized spacial score (nSPS) is 12.3. The summed E-state index contributed by atoms with van der Waals surface area (Å²) in [5.41, 5.74) is 2.00. The summed E-state index contributed by atoms with van der Waals surface area (Å²) in [6.07, 6.45) is 2.03. The average Bonchev–Trinajstić information content (AvgIpc) is 2.53. The second-order valence-electron chi connectivity index (χ2n) is 4.77. The summed E-state index contributed by atoms with van der Waals surface area (Å²) in [5, 5.41) is 0.